The number of hydrogen-bond donors (Lipinski definition) is 1. The first-order valence-electron chi connectivity index (χ1n) is 4.35. The van der Waals surface area contributed by atoms with Crippen molar-refractivity contribution in [2.45, 2.75) is 6.42 Å². The van der Waals surface area contributed by atoms with Crippen molar-refractivity contribution in [1.82, 2.24) is 0 Å². The lowest BCUT2D eigenvalue weighted by molar-refractivity contribution is -0.870. The Bertz CT molecular complexity index is 213. The molecule has 0 aliphatic rings. The highest BCUT2D eigenvalue weighted by atomic mass is 79.9. The summed E-state index contributed by atoms with van der Waals surface area (Å²) in [5, 5.41) is 8.55. The number of hydrogen-bond acceptors (Lipinski definition) is 4. The molecule has 0 rings (SSSR count). The number of rotatable bonds is 6. The van der Waals surface area contributed by atoms with E-state index in [0.717, 1.165) is 17.4 Å². The van der Waals surface area contributed by atoms with Crippen LogP contribution in [-0.4, -0.2) is 49.9 Å². The molecule has 15 heavy (non-hydrogen) atoms. The van der Waals surface area contributed by atoms with E-state index in [9.17, 15) is 4.79 Å². The average Bonchev–Trinajstić information content (AvgIpc) is 2.01. The van der Waals surface area contributed by atoms with Crippen LogP contribution in [0.25, 0.3) is 0 Å². The predicted molar refractivity (Wildman–Crippen MR) is 51.3 cm³/mol. The highest BCUT2D eigenvalue weighted by Crippen LogP contribution is 1.95. The average molecular weight is 284 g/mol. The number of aliphatic hydroxyl groups is 1. The van der Waals surface area contributed by atoms with Crippen molar-refractivity contribution < 1.29 is 41.1 Å². The lowest BCUT2D eigenvalue weighted by Crippen LogP contribution is -3.00. The number of halogens is 1. The second kappa shape index (κ2) is 7.67. The van der Waals surface area contributed by atoms with Crippen LogP contribution in [0.15, 0.2) is 12.3 Å². The first-order chi connectivity index (χ1) is 6.33. The molecule has 1 N–H and O–H groups in total. The SMILES string of the molecule is C=C(O)C(=O)OOCCC[N+](C)(C)C.[Br-]. The molecule has 0 bridgehead atoms. The Morgan fingerprint density at radius 2 is 1.93 bits per heavy atom. The number of nitrogens with zero attached hydrogens (tertiary/aromatic N) is 1. The maximum absolute atomic E-state index is 10.6. The van der Waals surface area contributed by atoms with Gasteiger partial charge in [-0.3, -0.25) is 4.89 Å². The summed E-state index contributed by atoms with van der Waals surface area (Å²) in [5.41, 5.74) is 0. The van der Waals surface area contributed by atoms with Gasteiger partial charge in [0.25, 0.3) is 0 Å². The molecule has 0 aromatic rings. The van der Waals surface area contributed by atoms with E-state index in [4.69, 9.17) is 5.11 Å². The summed E-state index contributed by atoms with van der Waals surface area (Å²) in [7, 11) is 6.17. The summed E-state index contributed by atoms with van der Waals surface area (Å²) in [4.78, 5) is 19.4. The fraction of sp³-hybridized carbons (Fsp3) is 0.667. The molecule has 5 nitrogen and oxygen atoms in total. The lowest BCUT2D eigenvalue weighted by Gasteiger charge is -2.23. The number of quaternary nitrogens is 1. The van der Waals surface area contributed by atoms with Crippen LogP contribution in [0.5, 0.6) is 0 Å². The Labute approximate surface area is 101 Å². The number of carbonyl (C=O) groups is 1. The summed E-state index contributed by atoms with van der Waals surface area (Å²) in [6, 6.07) is 0. The van der Waals surface area contributed by atoms with Gasteiger partial charge in [-0.05, 0) is 6.58 Å². The van der Waals surface area contributed by atoms with Gasteiger partial charge in [-0.2, -0.15) is 4.89 Å². The van der Waals surface area contributed by atoms with Crippen LogP contribution < -0.4 is 17.0 Å². The van der Waals surface area contributed by atoms with Crippen LogP contribution in [0, 0.1) is 0 Å². The Hall–Kier alpha value is -0.590. The molecule has 0 aromatic carbocycles. The van der Waals surface area contributed by atoms with Gasteiger partial charge in [0.2, 0.25) is 0 Å². The summed E-state index contributed by atoms with van der Waals surface area (Å²) in [6.07, 6.45) is 0.773. The third-order valence-electron chi connectivity index (χ3n) is 1.43. The Morgan fingerprint density at radius 3 is 2.33 bits per heavy atom. The van der Waals surface area contributed by atoms with Gasteiger partial charge in [-0.1, -0.05) is 0 Å². The van der Waals surface area contributed by atoms with Crippen molar-refractivity contribution >= 4 is 5.97 Å². The van der Waals surface area contributed by atoms with Crippen molar-refractivity contribution in [3.8, 4) is 0 Å². The van der Waals surface area contributed by atoms with Crippen LogP contribution in [0.4, 0.5) is 0 Å². The maximum Gasteiger partial charge on any atom is 0.406 e. The third-order valence-corrected chi connectivity index (χ3v) is 1.43. The van der Waals surface area contributed by atoms with E-state index in [2.05, 4.69) is 37.5 Å². The second-order valence-electron chi connectivity index (χ2n) is 4.01. The molecule has 0 heterocycles. The van der Waals surface area contributed by atoms with Crippen molar-refractivity contribution in [2.75, 3.05) is 34.3 Å². The van der Waals surface area contributed by atoms with Gasteiger partial charge in [0.05, 0.1) is 34.3 Å². The van der Waals surface area contributed by atoms with Crippen LogP contribution in [0.1, 0.15) is 6.42 Å². The van der Waals surface area contributed by atoms with Gasteiger partial charge in [0.1, 0.15) is 0 Å². The molecule has 0 aliphatic carbocycles. The molecule has 0 fully saturated rings. The topological polar surface area (TPSA) is 55.8 Å². The normalized spacial score (nSPS) is 10.3. The monoisotopic (exact) mass is 283 g/mol. The summed E-state index contributed by atoms with van der Waals surface area (Å²) >= 11 is 0. The molecule has 0 aromatic heterocycles. The molecule has 0 atom stereocenters. The fourth-order valence-corrected chi connectivity index (χ4v) is 0.741. The Morgan fingerprint density at radius 1 is 1.40 bits per heavy atom. The first-order valence-corrected chi connectivity index (χ1v) is 4.35. The summed E-state index contributed by atoms with van der Waals surface area (Å²) < 4.78 is 0.823. The Kier molecular flexibility index (Phi) is 8.60. The third kappa shape index (κ3) is 11.3. The smallest absolute Gasteiger partial charge is 0.406 e. The van der Waals surface area contributed by atoms with Gasteiger partial charge in [-0.15, -0.1) is 0 Å². The largest absolute Gasteiger partial charge is 1.00 e. The van der Waals surface area contributed by atoms with E-state index < -0.39 is 11.7 Å². The molecule has 6 heteroatoms. The fourth-order valence-electron chi connectivity index (χ4n) is 0.741. The van der Waals surface area contributed by atoms with Gasteiger partial charge in [-0.25, -0.2) is 4.79 Å². The number of carbonyl (C=O) groups excluding carboxylic acids is 1. The first kappa shape index (κ1) is 16.8. The van der Waals surface area contributed by atoms with Crippen molar-refractivity contribution in [1.29, 1.82) is 0 Å². The molecule has 90 valence electrons. The summed E-state index contributed by atoms with van der Waals surface area (Å²) in [5.74, 6) is -1.60. The standard InChI is InChI=1S/C9H17NO4.BrH/c1-8(11)9(12)14-13-7-5-6-10(2,3)4;/h1,5-7H2,2-4H3;1H. The van der Waals surface area contributed by atoms with Crippen molar-refractivity contribution in [3.05, 3.63) is 12.3 Å². The van der Waals surface area contributed by atoms with Gasteiger partial charge >= 0.3 is 5.97 Å². The molecular weight excluding hydrogens is 266 g/mol. The van der Waals surface area contributed by atoms with E-state index in [1.165, 1.54) is 0 Å². The maximum atomic E-state index is 10.6. The van der Waals surface area contributed by atoms with E-state index in [1.807, 2.05) is 0 Å². The van der Waals surface area contributed by atoms with Crippen LogP contribution in [0.3, 0.4) is 0 Å². The molecular formula is C9H18BrNO4. The van der Waals surface area contributed by atoms with Crippen LogP contribution in [-0.2, 0) is 14.6 Å². The second-order valence-corrected chi connectivity index (χ2v) is 4.01. The molecule has 0 saturated heterocycles. The van der Waals surface area contributed by atoms with E-state index in [0.29, 0.717) is 6.61 Å². The summed E-state index contributed by atoms with van der Waals surface area (Å²) in [6.45, 7) is 4.22. The predicted octanol–water partition coefficient (Wildman–Crippen LogP) is -2.37. The minimum Gasteiger partial charge on any atom is -1.00 e. The van der Waals surface area contributed by atoms with Crippen molar-refractivity contribution in [3.63, 3.8) is 0 Å². The molecule has 0 unspecified atom stereocenters. The number of aliphatic hydroxyl groups excluding tert-OH is 1. The van der Waals surface area contributed by atoms with E-state index in [1.54, 1.807) is 0 Å². The van der Waals surface area contributed by atoms with Gasteiger partial charge in [0.15, 0.2) is 5.76 Å². The van der Waals surface area contributed by atoms with Gasteiger partial charge < -0.3 is 26.6 Å². The zero-order valence-electron chi connectivity index (χ0n) is 9.33. The minimum absolute atomic E-state index is 0. The molecule has 0 spiro atoms. The zero-order valence-corrected chi connectivity index (χ0v) is 10.9. The van der Waals surface area contributed by atoms with Crippen LogP contribution >= 0.6 is 0 Å². The Balaban J connectivity index is 0. The highest BCUT2D eigenvalue weighted by Gasteiger charge is 2.09. The molecule has 0 amide bonds. The van der Waals surface area contributed by atoms with E-state index in [-0.39, 0.29) is 17.0 Å². The zero-order chi connectivity index (χ0) is 11.2. The van der Waals surface area contributed by atoms with Gasteiger partial charge in [0, 0.05) is 6.42 Å². The molecule has 0 aliphatic heterocycles. The minimum atomic E-state index is -0.949. The van der Waals surface area contributed by atoms with Crippen LogP contribution in [0.2, 0.25) is 0 Å². The molecule has 0 radical (unpaired) electrons. The van der Waals surface area contributed by atoms with Crippen molar-refractivity contribution in [2.24, 2.45) is 0 Å². The molecule has 0 saturated carbocycles. The highest BCUT2D eigenvalue weighted by molar-refractivity contribution is 5.84. The quantitative estimate of drug-likeness (QED) is 0.148. The van der Waals surface area contributed by atoms with E-state index >= 15 is 0 Å². The lowest BCUT2D eigenvalue weighted by atomic mass is 10.4.